The number of fused-ring (bicyclic) bond motifs is 2. The van der Waals surface area contributed by atoms with Crippen molar-refractivity contribution in [3.8, 4) is 28.5 Å². The van der Waals surface area contributed by atoms with E-state index in [2.05, 4.69) is 39.9 Å². The number of amides is 1. The van der Waals surface area contributed by atoms with Crippen molar-refractivity contribution in [3.05, 3.63) is 58.4 Å². The van der Waals surface area contributed by atoms with Gasteiger partial charge in [0.1, 0.15) is 5.01 Å². The standard InChI is InChI=1S/C28H33N3O4S/c1-33-24-12-19(13-25(34-2)27(24)35-3)28(32)29-20-14-21-10-7-11-22(15-20)31(21)16-26-30-23(17-36-26)18-8-5-4-6-9-18/h4-6,8-9,12-13,17,20-22H,7,10-11,14-16H2,1-3H3,(H,29,32). The Kier molecular flexibility index (Phi) is 7.43. The van der Waals surface area contributed by atoms with E-state index < -0.39 is 0 Å². The molecule has 2 fully saturated rings. The van der Waals surface area contributed by atoms with Crippen molar-refractivity contribution in [3.63, 3.8) is 0 Å². The Bertz CT molecular complexity index is 1160. The monoisotopic (exact) mass is 507 g/mol. The van der Waals surface area contributed by atoms with Crippen LogP contribution in [-0.4, -0.2) is 55.2 Å². The second kappa shape index (κ2) is 10.9. The fourth-order valence-corrected chi connectivity index (χ4v) is 6.43. The van der Waals surface area contributed by atoms with E-state index in [-0.39, 0.29) is 11.9 Å². The number of hydrogen-bond donors (Lipinski definition) is 1. The van der Waals surface area contributed by atoms with Gasteiger partial charge >= 0.3 is 0 Å². The molecule has 3 aromatic rings. The summed E-state index contributed by atoms with van der Waals surface area (Å²) in [5, 5.41) is 6.60. The molecule has 7 nitrogen and oxygen atoms in total. The van der Waals surface area contributed by atoms with Crippen molar-refractivity contribution >= 4 is 17.2 Å². The number of rotatable bonds is 8. The van der Waals surface area contributed by atoms with Crippen molar-refractivity contribution in [1.29, 1.82) is 0 Å². The van der Waals surface area contributed by atoms with Gasteiger partial charge in [0.15, 0.2) is 11.5 Å². The molecule has 0 saturated carbocycles. The lowest BCUT2D eigenvalue weighted by Crippen LogP contribution is -2.56. The van der Waals surface area contributed by atoms with Crippen LogP contribution in [0.2, 0.25) is 0 Å². The molecular formula is C28H33N3O4S. The lowest BCUT2D eigenvalue weighted by molar-refractivity contribution is 0.0176. The average molecular weight is 508 g/mol. The zero-order valence-electron chi connectivity index (χ0n) is 21.0. The molecule has 3 heterocycles. The summed E-state index contributed by atoms with van der Waals surface area (Å²) in [7, 11) is 4.67. The fraction of sp³-hybridized carbons (Fsp3) is 0.429. The van der Waals surface area contributed by atoms with Crippen molar-refractivity contribution in [1.82, 2.24) is 15.2 Å². The van der Waals surface area contributed by atoms with Gasteiger partial charge in [-0.1, -0.05) is 36.8 Å². The van der Waals surface area contributed by atoms with E-state index in [4.69, 9.17) is 19.2 Å². The molecule has 1 N–H and O–H groups in total. The summed E-state index contributed by atoms with van der Waals surface area (Å²) in [6.45, 7) is 0.875. The first-order valence-corrected chi connectivity index (χ1v) is 13.3. The lowest BCUT2D eigenvalue weighted by Gasteiger charge is -2.48. The second-order valence-electron chi connectivity index (χ2n) is 9.46. The van der Waals surface area contributed by atoms with Crippen LogP contribution in [0.4, 0.5) is 0 Å². The molecule has 0 radical (unpaired) electrons. The molecule has 2 aliphatic rings. The van der Waals surface area contributed by atoms with Gasteiger partial charge in [0.05, 0.1) is 33.6 Å². The van der Waals surface area contributed by atoms with Crippen LogP contribution in [0.5, 0.6) is 17.2 Å². The Balaban J connectivity index is 1.26. The first-order chi connectivity index (χ1) is 17.6. The molecule has 1 aromatic heterocycles. The molecule has 190 valence electrons. The van der Waals surface area contributed by atoms with Crippen LogP contribution in [0.25, 0.3) is 11.3 Å². The highest BCUT2D eigenvalue weighted by atomic mass is 32.1. The zero-order chi connectivity index (χ0) is 25.1. The van der Waals surface area contributed by atoms with Crippen LogP contribution in [0.3, 0.4) is 0 Å². The van der Waals surface area contributed by atoms with Gasteiger partial charge in [-0.3, -0.25) is 9.69 Å². The number of carbonyl (C=O) groups is 1. The Morgan fingerprint density at radius 2 is 1.69 bits per heavy atom. The predicted molar refractivity (Wildman–Crippen MR) is 141 cm³/mol. The summed E-state index contributed by atoms with van der Waals surface area (Å²) in [4.78, 5) is 20.7. The van der Waals surface area contributed by atoms with E-state index >= 15 is 0 Å². The van der Waals surface area contributed by atoms with Gasteiger partial charge in [-0.2, -0.15) is 0 Å². The first-order valence-electron chi connectivity index (χ1n) is 12.5. The summed E-state index contributed by atoms with van der Waals surface area (Å²) in [6.07, 6.45) is 5.45. The first kappa shape index (κ1) is 24.6. The Morgan fingerprint density at radius 1 is 1.03 bits per heavy atom. The molecular weight excluding hydrogens is 474 g/mol. The largest absolute Gasteiger partial charge is 0.493 e. The van der Waals surface area contributed by atoms with Crippen LogP contribution in [0.15, 0.2) is 47.8 Å². The third-order valence-electron chi connectivity index (χ3n) is 7.33. The summed E-state index contributed by atoms with van der Waals surface area (Å²) >= 11 is 1.74. The van der Waals surface area contributed by atoms with E-state index in [9.17, 15) is 4.79 Å². The topological polar surface area (TPSA) is 72.9 Å². The van der Waals surface area contributed by atoms with Gasteiger partial charge < -0.3 is 19.5 Å². The Labute approximate surface area is 216 Å². The smallest absolute Gasteiger partial charge is 0.251 e. The number of carbonyl (C=O) groups excluding carboxylic acids is 1. The number of thiazole rings is 1. The van der Waals surface area contributed by atoms with Gasteiger partial charge in [0.2, 0.25) is 5.75 Å². The lowest BCUT2D eigenvalue weighted by atomic mass is 9.81. The highest BCUT2D eigenvalue weighted by molar-refractivity contribution is 7.09. The number of aromatic nitrogens is 1. The summed E-state index contributed by atoms with van der Waals surface area (Å²) in [5.74, 6) is 1.33. The van der Waals surface area contributed by atoms with E-state index in [1.165, 1.54) is 6.42 Å². The number of nitrogens with zero attached hydrogens (tertiary/aromatic N) is 2. The minimum Gasteiger partial charge on any atom is -0.493 e. The van der Waals surface area contributed by atoms with Crippen LogP contribution in [-0.2, 0) is 6.54 Å². The van der Waals surface area contributed by atoms with Gasteiger partial charge in [-0.05, 0) is 37.8 Å². The number of benzene rings is 2. The van der Waals surface area contributed by atoms with Crippen molar-refractivity contribution in [2.24, 2.45) is 0 Å². The molecule has 36 heavy (non-hydrogen) atoms. The predicted octanol–water partition coefficient (Wildman–Crippen LogP) is 5.15. The molecule has 1 amide bonds. The second-order valence-corrected chi connectivity index (χ2v) is 10.4. The average Bonchev–Trinajstić information content (AvgIpc) is 3.37. The molecule has 2 atom stereocenters. The molecule has 2 unspecified atom stereocenters. The molecule has 0 aliphatic carbocycles. The third-order valence-corrected chi connectivity index (χ3v) is 8.16. The number of nitrogens with one attached hydrogen (secondary N) is 1. The minimum atomic E-state index is -0.113. The number of methoxy groups -OCH3 is 3. The summed E-state index contributed by atoms with van der Waals surface area (Å²) < 4.78 is 16.2. The van der Waals surface area contributed by atoms with Crippen LogP contribution in [0, 0.1) is 0 Å². The van der Waals surface area contributed by atoms with E-state index in [0.29, 0.717) is 34.9 Å². The SMILES string of the molecule is COc1cc(C(=O)NC2CC3CCCC(C2)N3Cc2nc(-c3ccccc3)cs2)cc(OC)c1OC. The van der Waals surface area contributed by atoms with Crippen LogP contribution >= 0.6 is 11.3 Å². The minimum absolute atomic E-state index is 0.113. The van der Waals surface area contributed by atoms with Crippen molar-refractivity contribution < 1.29 is 19.0 Å². The van der Waals surface area contributed by atoms with E-state index in [1.807, 2.05) is 6.07 Å². The maximum Gasteiger partial charge on any atom is 0.251 e. The zero-order valence-corrected chi connectivity index (χ0v) is 21.8. The highest BCUT2D eigenvalue weighted by Crippen LogP contribution is 2.39. The fourth-order valence-electron chi connectivity index (χ4n) is 5.62. The molecule has 2 aliphatic heterocycles. The molecule has 2 bridgehead atoms. The van der Waals surface area contributed by atoms with Crippen molar-refractivity contribution in [2.75, 3.05) is 21.3 Å². The Hall–Kier alpha value is -3.10. The Morgan fingerprint density at radius 3 is 2.31 bits per heavy atom. The van der Waals surface area contributed by atoms with Gasteiger partial charge in [0.25, 0.3) is 5.91 Å². The van der Waals surface area contributed by atoms with Crippen LogP contribution in [0.1, 0.15) is 47.5 Å². The maximum absolute atomic E-state index is 13.2. The number of hydrogen-bond acceptors (Lipinski definition) is 7. The van der Waals surface area contributed by atoms with Crippen LogP contribution < -0.4 is 19.5 Å². The summed E-state index contributed by atoms with van der Waals surface area (Å²) in [5.41, 5.74) is 2.72. The van der Waals surface area contributed by atoms with E-state index in [1.54, 1.807) is 44.8 Å². The molecule has 5 rings (SSSR count). The number of piperidine rings is 2. The number of ether oxygens (including phenoxy) is 3. The van der Waals surface area contributed by atoms with Gasteiger partial charge in [0, 0.05) is 34.6 Å². The van der Waals surface area contributed by atoms with Crippen molar-refractivity contribution in [2.45, 2.75) is 56.8 Å². The van der Waals surface area contributed by atoms with E-state index in [0.717, 1.165) is 48.5 Å². The highest BCUT2D eigenvalue weighted by Gasteiger charge is 2.39. The van der Waals surface area contributed by atoms with Gasteiger partial charge in [-0.25, -0.2) is 4.98 Å². The normalized spacial score (nSPS) is 21.6. The maximum atomic E-state index is 13.2. The molecule has 0 spiro atoms. The molecule has 8 heteroatoms. The third kappa shape index (κ3) is 5.06. The quantitative estimate of drug-likeness (QED) is 0.455. The van der Waals surface area contributed by atoms with Gasteiger partial charge in [-0.15, -0.1) is 11.3 Å². The molecule has 2 saturated heterocycles. The summed E-state index contributed by atoms with van der Waals surface area (Å²) in [6, 6.07) is 14.8. The molecule has 2 aromatic carbocycles.